The number of hydrogen-bond acceptors (Lipinski definition) is 2. The third-order valence-electron chi connectivity index (χ3n) is 2.37. The molecule has 14 heavy (non-hydrogen) atoms. The number of nitrogens with zero attached hydrogens (tertiary/aromatic N) is 1. The van der Waals surface area contributed by atoms with Crippen LogP contribution in [-0.4, -0.2) is 9.67 Å². The Morgan fingerprint density at radius 3 is 2.86 bits per heavy atom. The van der Waals surface area contributed by atoms with Crippen LogP contribution in [-0.2, 0) is 13.6 Å². The molecule has 2 rings (SSSR count). The summed E-state index contributed by atoms with van der Waals surface area (Å²) in [6, 6.07) is 3.42. The maximum atomic E-state index is 9.46. The Morgan fingerprint density at radius 2 is 2.21 bits per heavy atom. The van der Waals surface area contributed by atoms with Gasteiger partial charge >= 0.3 is 0 Å². The maximum Gasteiger partial charge on any atom is 0.134 e. The number of nitrogens with two attached hydrogens (primary N) is 1. The quantitative estimate of drug-likeness (QED) is 0.757. The second-order valence-electron chi connectivity index (χ2n) is 3.26. The fourth-order valence-corrected chi connectivity index (χ4v) is 1.96. The molecule has 0 aliphatic rings. The smallest absolute Gasteiger partial charge is 0.134 e. The number of aromatic hydroxyl groups is 1. The van der Waals surface area contributed by atoms with Gasteiger partial charge in [0.25, 0.3) is 0 Å². The van der Waals surface area contributed by atoms with Gasteiger partial charge in [0.1, 0.15) is 5.75 Å². The minimum absolute atomic E-state index is 0.0973. The van der Waals surface area contributed by atoms with Crippen molar-refractivity contribution in [1.82, 2.24) is 4.57 Å². The lowest BCUT2D eigenvalue weighted by molar-refractivity contribution is 0.476. The highest BCUT2D eigenvalue weighted by molar-refractivity contribution is 6.37. The summed E-state index contributed by atoms with van der Waals surface area (Å²) >= 11 is 6.00. The van der Waals surface area contributed by atoms with Gasteiger partial charge in [-0.3, -0.25) is 0 Å². The van der Waals surface area contributed by atoms with E-state index in [0.717, 1.165) is 16.5 Å². The van der Waals surface area contributed by atoms with E-state index in [2.05, 4.69) is 0 Å². The van der Waals surface area contributed by atoms with E-state index in [1.165, 1.54) is 0 Å². The van der Waals surface area contributed by atoms with Gasteiger partial charge in [-0.2, -0.15) is 0 Å². The highest BCUT2D eigenvalue weighted by atomic mass is 35.5. The van der Waals surface area contributed by atoms with Gasteiger partial charge in [-0.15, -0.1) is 0 Å². The van der Waals surface area contributed by atoms with E-state index in [-0.39, 0.29) is 5.75 Å². The zero-order chi connectivity index (χ0) is 10.3. The molecule has 0 atom stereocenters. The van der Waals surface area contributed by atoms with Gasteiger partial charge in [0.15, 0.2) is 0 Å². The molecule has 74 valence electrons. The van der Waals surface area contributed by atoms with E-state index < -0.39 is 0 Å². The normalized spacial score (nSPS) is 11.1. The molecule has 0 saturated heterocycles. The highest BCUT2D eigenvalue weighted by Gasteiger charge is 2.11. The van der Waals surface area contributed by atoms with Crippen LogP contribution in [0.3, 0.4) is 0 Å². The van der Waals surface area contributed by atoms with Crippen LogP contribution in [0, 0.1) is 0 Å². The molecule has 1 aromatic heterocycles. The van der Waals surface area contributed by atoms with Crippen molar-refractivity contribution in [3.8, 4) is 5.75 Å². The van der Waals surface area contributed by atoms with Crippen molar-refractivity contribution in [3.05, 3.63) is 28.9 Å². The predicted molar refractivity (Wildman–Crippen MR) is 57.5 cm³/mol. The van der Waals surface area contributed by atoms with Crippen LogP contribution in [0.15, 0.2) is 18.3 Å². The summed E-state index contributed by atoms with van der Waals surface area (Å²) < 4.78 is 1.95. The lowest BCUT2D eigenvalue weighted by Crippen LogP contribution is -1.94. The van der Waals surface area contributed by atoms with E-state index in [1.807, 2.05) is 23.9 Å². The van der Waals surface area contributed by atoms with Gasteiger partial charge in [-0.25, -0.2) is 0 Å². The van der Waals surface area contributed by atoms with Crippen molar-refractivity contribution >= 4 is 22.5 Å². The van der Waals surface area contributed by atoms with Gasteiger partial charge < -0.3 is 15.4 Å². The summed E-state index contributed by atoms with van der Waals surface area (Å²) in [6.07, 6.45) is 1.93. The predicted octanol–water partition coefficient (Wildman–Crippen LogP) is 2.00. The van der Waals surface area contributed by atoms with E-state index in [1.54, 1.807) is 6.07 Å². The Bertz CT molecular complexity index is 490. The number of phenolic OH excluding ortho intramolecular Hbond substituents is 1. The van der Waals surface area contributed by atoms with Crippen molar-refractivity contribution in [1.29, 1.82) is 0 Å². The number of phenols is 1. The number of aryl methyl sites for hydroxylation is 1. The standard InChI is InChI=1S/C10H11ClN2O/c1-13-5-6(4-12)9-7(13)2-3-8(14)10(9)11/h2-3,5,14H,4,12H2,1H3. The molecular formula is C10H11ClN2O. The monoisotopic (exact) mass is 210 g/mol. The first-order valence-electron chi connectivity index (χ1n) is 4.30. The summed E-state index contributed by atoms with van der Waals surface area (Å²) in [5.74, 6) is 0.0973. The third kappa shape index (κ3) is 1.17. The summed E-state index contributed by atoms with van der Waals surface area (Å²) in [4.78, 5) is 0. The fraction of sp³-hybridized carbons (Fsp3) is 0.200. The van der Waals surface area contributed by atoms with Crippen molar-refractivity contribution < 1.29 is 5.11 Å². The minimum atomic E-state index is 0.0973. The Hall–Kier alpha value is -1.19. The van der Waals surface area contributed by atoms with Crippen molar-refractivity contribution in [3.63, 3.8) is 0 Å². The molecule has 0 spiro atoms. The van der Waals surface area contributed by atoms with Crippen LogP contribution in [0.1, 0.15) is 5.56 Å². The summed E-state index contributed by atoms with van der Waals surface area (Å²) in [5.41, 5.74) is 7.52. The molecule has 0 aliphatic carbocycles. The summed E-state index contributed by atoms with van der Waals surface area (Å²) in [7, 11) is 1.93. The van der Waals surface area contributed by atoms with E-state index in [0.29, 0.717) is 11.6 Å². The van der Waals surface area contributed by atoms with Crippen LogP contribution in [0.5, 0.6) is 5.75 Å². The Labute approximate surface area is 86.7 Å². The largest absolute Gasteiger partial charge is 0.506 e. The first-order valence-corrected chi connectivity index (χ1v) is 4.68. The van der Waals surface area contributed by atoms with E-state index in [9.17, 15) is 5.11 Å². The molecule has 2 aromatic rings. The number of halogens is 1. The van der Waals surface area contributed by atoms with Gasteiger partial charge in [0, 0.05) is 30.7 Å². The molecule has 4 heteroatoms. The Kier molecular flexibility index (Phi) is 2.13. The number of aromatic nitrogens is 1. The zero-order valence-corrected chi connectivity index (χ0v) is 8.54. The Morgan fingerprint density at radius 1 is 1.50 bits per heavy atom. The lowest BCUT2D eigenvalue weighted by atomic mass is 10.1. The number of fused-ring (bicyclic) bond motifs is 1. The molecule has 0 bridgehead atoms. The second kappa shape index (κ2) is 3.19. The summed E-state index contributed by atoms with van der Waals surface area (Å²) in [6.45, 7) is 0.417. The van der Waals surface area contributed by atoms with E-state index in [4.69, 9.17) is 17.3 Å². The second-order valence-corrected chi connectivity index (χ2v) is 3.64. The molecule has 0 fully saturated rings. The van der Waals surface area contributed by atoms with Crippen LogP contribution in [0.2, 0.25) is 5.02 Å². The molecule has 0 amide bonds. The molecule has 0 radical (unpaired) electrons. The topological polar surface area (TPSA) is 51.2 Å². The molecule has 1 aromatic carbocycles. The zero-order valence-electron chi connectivity index (χ0n) is 7.79. The molecule has 3 N–H and O–H groups in total. The van der Waals surface area contributed by atoms with Gasteiger partial charge in [-0.1, -0.05) is 11.6 Å². The molecule has 3 nitrogen and oxygen atoms in total. The van der Waals surface area contributed by atoms with Gasteiger partial charge in [0.05, 0.1) is 5.02 Å². The highest BCUT2D eigenvalue weighted by Crippen LogP contribution is 2.34. The minimum Gasteiger partial charge on any atom is -0.506 e. The molecular weight excluding hydrogens is 200 g/mol. The van der Waals surface area contributed by atoms with Crippen molar-refractivity contribution in [2.45, 2.75) is 6.54 Å². The average molecular weight is 211 g/mol. The van der Waals surface area contributed by atoms with E-state index >= 15 is 0 Å². The van der Waals surface area contributed by atoms with Crippen molar-refractivity contribution in [2.75, 3.05) is 0 Å². The number of benzene rings is 1. The average Bonchev–Trinajstić information content (AvgIpc) is 2.50. The number of hydrogen-bond donors (Lipinski definition) is 2. The first kappa shape index (κ1) is 9.37. The Balaban J connectivity index is 2.91. The number of rotatable bonds is 1. The fourth-order valence-electron chi connectivity index (χ4n) is 1.68. The molecule has 0 saturated carbocycles. The summed E-state index contributed by atoms with van der Waals surface area (Å²) in [5, 5.41) is 10.7. The first-order chi connectivity index (χ1) is 6.65. The molecule has 0 unspecified atom stereocenters. The maximum absolute atomic E-state index is 9.46. The lowest BCUT2D eigenvalue weighted by Gasteiger charge is -2.01. The van der Waals surface area contributed by atoms with Crippen LogP contribution in [0.4, 0.5) is 0 Å². The SMILES string of the molecule is Cn1cc(CN)c2c(Cl)c(O)ccc21. The molecule has 1 heterocycles. The van der Waals surface area contributed by atoms with Crippen LogP contribution < -0.4 is 5.73 Å². The van der Waals surface area contributed by atoms with Crippen LogP contribution in [0.25, 0.3) is 10.9 Å². The third-order valence-corrected chi connectivity index (χ3v) is 2.75. The van der Waals surface area contributed by atoms with Crippen LogP contribution >= 0.6 is 11.6 Å². The molecule has 0 aliphatic heterocycles. The van der Waals surface area contributed by atoms with Crippen molar-refractivity contribution in [2.24, 2.45) is 12.8 Å². The van der Waals surface area contributed by atoms with Gasteiger partial charge in [0.2, 0.25) is 0 Å². The van der Waals surface area contributed by atoms with Gasteiger partial charge in [-0.05, 0) is 17.7 Å².